The van der Waals surface area contributed by atoms with Gasteiger partial charge < -0.3 is 24.8 Å². The Morgan fingerprint density at radius 1 is 1.29 bits per heavy atom. The van der Waals surface area contributed by atoms with Gasteiger partial charge in [-0.1, -0.05) is 0 Å². The molecule has 0 spiro atoms. The van der Waals surface area contributed by atoms with Crippen LogP contribution >= 0.6 is 0 Å². The van der Waals surface area contributed by atoms with Crippen molar-refractivity contribution in [3.05, 3.63) is 41.6 Å². The number of anilines is 2. The molecule has 4 rings (SSSR count). The molecule has 0 saturated carbocycles. The number of fused-ring (bicyclic) bond motifs is 2. The quantitative estimate of drug-likeness (QED) is 0.616. The predicted octanol–water partition coefficient (Wildman–Crippen LogP) is 1.73. The number of hydrogen-bond acceptors (Lipinski definition) is 7. The van der Waals surface area contributed by atoms with E-state index in [2.05, 4.69) is 15.6 Å². The molecule has 0 saturated heterocycles. The number of carbonyl (C=O) groups excluding carboxylic acids is 2. The third-order valence-corrected chi connectivity index (χ3v) is 4.22. The number of ether oxygens (including phenoxy) is 3. The number of pyridine rings is 1. The third kappa shape index (κ3) is 2.97. The van der Waals surface area contributed by atoms with Gasteiger partial charge in [0.2, 0.25) is 5.88 Å². The first-order chi connectivity index (χ1) is 13.6. The Kier molecular flexibility index (Phi) is 4.29. The molecule has 2 amide bonds. The Hall–Kier alpha value is -4.06. The number of methoxy groups -OCH3 is 1. The van der Waals surface area contributed by atoms with Crippen molar-refractivity contribution in [3.8, 4) is 23.4 Å². The molecular weight excluding hydrogens is 364 g/mol. The molecule has 9 nitrogen and oxygen atoms in total. The molecule has 2 N–H and O–H groups in total. The number of nitrogens with zero attached hydrogens (tertiary/aromatic N) is 2. The summed E-state index contributed by atoms with van der Waals surface area (Å²) in [5.41, 5.74) is 0.891. The maximum absolute atomic E-state index is 12.6. The van der Waals surface area contributed by atoms with Crippen LogP contribution in [0.15, 0.2) is 36.0 Å². The van der Waals surface area contributed by atoms with E-state index in [1.165, 1.54) is 13.3 Å². The fourth-order valence-corrected chi connectivity index (χ4v) is 2.94. The summed E-state index contributed by atoms with van der Waals surface area (Å²) in [6.07, 6.45) is 1.39. The van der Waals surface area contributed by atoms with Gasteiger partial charge in [-0.3, -0.25) is 9.59 Å². The highest BCUT2D eigenvalue weighted by Crippen LogP contribution is 2.42. The minimum absolute atomic E-state index is 0.0200. The Labute approximate surface area is 159 Å². The highest BCUT2D eigenvalue weighted by atomic mass is 16.6. The van der Waals surface area contributed by atoms with Crippen LogP contribution in [0.3, 0.4) is 0 Å². The van der Waals surface area contributed by atoms with E-state index < -0.39 is 11.8 Å². The molecule has 0 unspecified atom stereocenters. The van der Waals surface area contributed by atoms with E-state index in [1.807, 2.05) is 6.07 Å². The Morgan fingerprint density at radius 2 is 2.04 bits per heavy atom. The van der Waals surface area contributed by atoms with Gasteiger partial charge in [-0.15, -0.1) is 0 Å². The fourth-order valence-electron chi connectivity index (χ4n) is 2.94. The molecule has 0 radical (unpaired) electrons. The largest absolute Gasteiger partial charge is 0.486 e. The Morgan fingerprint density at radius 3 is 2.68 bits per heavy atom. The number of amides is 2. The van der Waals surface area contributed by atoms with Crippen LogP contribution in [0.1, 0.15) is 5.56 Å². The first-order valence-electron chi connectivity index (χ1n) is 8.32. The summed E-state index contributed by atoms with van der Waals surface area (Å²) in [5, 5.41) is 14.8. The molecule has 2 aromatic rings. The summed E-state index contributed by atoms with van der Waals surface area (Å²) in [6, 6.07) is 8.18. The summed E-state index contributed by atoms with van der Waals surface area (Å²) in [4.78, 5) is 29.1. The molecule has 2 aliphatic rings. The van der Waals surface area contributed by atoms with Crippen LogP contribution in [0.4, 0.5) is 11.4 Å². The zero-order valence-electron chi connectivity index (χ0n) is 14.7. The zero-order chi connectivity index (χ0) is 19.7. The minimum atomic E-state index is -0.720. The van der Waals surface area contributed by atoms with Crippen molar-refractivity contribution in [1.82, 2.24) is 4.98 Å². The highest BCUT2D eigenvalue weighted by Gasteiger charge is 2.32. The second-order valence-electron chi connectivity index (χ2n) is 5.90. The average molecular weight is 378 g/mol. The first kappa shape index (κ1) is 17.4. The normalized spacial score (nSPS) is 15.8. The lowest BCUT2D eigenvalue weighted by Crippen LogP contribution is -2.17. The summed E-state index contributed by atoms with van der Waals surface area (Å²) < 4.78 is 16.0. The van der Waals surface area contributed by atoms with E-state index >= 15 is 0 Å². The molecule has 0 bridgehead atoms. The third-order valence-electron chi connectivity index (χ3n) is 4.22. The molecule has 140 valence electrons. The van der Waals surface area contributed by atoms with Crippen molar-refractivity contribution in [1.29, 1.82) is 5.26 Å². The zero-order valence-corrected chi connectivity index (χ0v) is 14.7. The van der Waals surface area contributed by atoms with Gasteiger partial charge in [-0.2, -0.15) is 5.26 Å². The number of nitrogens with one attached hydrogen (secondary N) is 2. The van der Waals surface area contributed by atoms with E-state index in [9.17, 15) is 14.9 Å². The lowest BCUT2D eigenvalue weighted by molar-refractivity contribution is -0.113. The van der Waals surface area contributed by atoms with Crippen LogP contribution < -0.4 is 24.8 Å². The maximum Gasteiger partial charge on any atom is 0.267 e. The molecule has 0 fully saturated rings. The summed E-state index contributed by atoms with van der Waals surface area (Å²) in [5.74, 6) is 0.0714. The molecule has 2 aliphatic heterocycles. The molecule has 1 aromatic heterocycles. The second-order valence-corrected chi connectivity index (χ2v) is 5.90. The van der Waals surface area contributed by atoms with Gasteiger partial charge in [0.15, 0.2) is 11.5 Å². The van der Waals surface area contributed by atoms with Gasteiger partial charge in [0, 0.05) is 17.7 Å². The Balaban J connectivity index is 1.71. The van der Waals surface area contributed by atoms with Crippen LogP contribution in [0.2, 0.25) is 0 Å². The number of benzene rings is 1. The fraction of sp³-hybridized carbons (Fsp3) is 0.158. The van der Waals surface area contributed by atoms with Gasteiger partial charge in [0.25, 0.3) is 11.8 Å². The van der Waals surface area contributed by atoms with Crippen molar-refractivity contribution in [2.24, 2.45) is 0 Å². The average Bonchev–Trinajstić information content (AvgIpc) is 3.02. The van der Waals surface area contributed by atoms with Crippen LogP contribution in [0.5, 0.6) is 17.4 Å². The number of nitriles is 1. The van der Waals surface area contributed by atoms with Gasteiger partial charge >= 0.3 is 0 Å². The molecule has 1 aromatic carbocycles. The highest BCUT2D eigenvalue weighted by molar-refractivity contribution is 6.37. The van der Waals surface area contributed by atoms with E-state index in [1.54, 1.807) is 24.3 Å². The first-order valence-corrected chi connectivity index (χ1v) is 8.32. The SMILES string of the molecule is COc1ccc(NC(=O)C(C#N)=C2C(=O)Nc3cc4c(cc32)OCCO4)cn1. The number of aromatic nitrogens is 1. The van der Waals surface area contributed by atoms with Crippen molar-refractivity contribution >= 4 is 28.8 Å². The molecule has 3 heterocycles. The van der Waals surface area contributed by atoms with Crippen LogP contribution in [-0.4, -0.2) is 37.1 Å². The van der Waals surface area contributed by atoms with Crippen molar-refractivity contribution in [3.63, 3.8) is 0 Å². The number of rotatable bonds is 3. The predicted molar refractivity (Wildman–Crippen MR) is 98.0 cm³/mol. The monoisotopic (exact) mass is 378 g/mol. The van der Waals surface area contributed by atoms with E-state index in [0.717, 1.165) is 0 Å². The van der Waals surface area contributed by atoms with Crippen molar-refractivity contribution < 1.29 is 23.8 Å². The van der Waals surface area contributed by atoms with Crippen LogP contribution in [0.25, 0.3) is 5.57 Å². The lowest BCUT2D eigenvalue weighted by atomic mass is 10.0. The molecular formula is C19H14N4O5. The molecule has 9 heteroatoms. The van der Waals surface area contributed by atoms with Gasteiger partial charge in [-0.25, -0.2) is 4.98 Å². The second kappa shape index (κ2) is 6.92. The van der Waals surface area contributed by atoms with E-state index in [4.69, 9.17) is 14.2 Å². The van der Waals surface area contributed by atoms with Crippen LogP contribution in [0, 0.1) is 11.3 Å². The summed E-state index contributed by atoms with van der Waals surface area (Å²) in [7, 11) is 1.47. The van der Waals surface area contributed by atoms with E-state index in [0.29, 0.717) is 47.5 Å². The number of hydrogen-bond donors (Lipinski definition) is 2. The molecule has 0 atom stereocenters. The van der Waals surface area contributed by atoms with Crippen molar-refractivity contribution in [2.75, 3.05) is 31.0 Å². The lowest BCUT2D eigenvalue weighted by Gasteiger charge is -2.19. The molecule has 28 heavy (non-hydrogen) atoms. The summed E-state index contributed by atoms with van der Waals surface area (Å²) in [6.45, 7) is 0.784. The maximum atomic E-state index is 12.6. The minimum Gasteiger partial charge on any atom is -0.486 e. The molecule has 0 aliphatic carbocycles. The van der Waals surface area contributed by atoms with Gasteiger partial charge in [0.1, 0.15) is 24.9 Å². The Bertz CT molecular complexity index is 1050. The van der Waals surface area contributed by atoms with E-state index in [-0.39, 0.29) is 11.1 Å². The van der Waals surface area contributed by atoms with Crippen LogP contribution in [-0.2, 0) is 9.59 Å². The topological polar surface area (TPSA) is 123 Å². The van der Waals surface area contributed by atoms with Gasteiger partial charge in [0.05, 0.1) is 30.3 Å². The smallest absolute Gasteiger partial charge is 0.267 e. The standard InChI is InChI=1S/C19H14N4O5/c1-26-16-3-2-10(9-21-16)22-18(24)12(8-20)17-11-6-14-15(28-5-4-27-14)7-13(11)23-19(17)25/h2-3,6-7,9H,4-5H2,1H3,(H,22,24)(H,23,25). The van der Waals surface area contributed by atoms with Crippen molar-refractivity contribution in [2.45, 2.75) is 0 Å². The summed E-state index contributed by atoms with van der Waals surface area (Å²) >= 11 is 0. The van der Waals surface area contributed by atoms with Gasteiger partial charge in [-0.05, 0) is 12.1 Å². The number of carbonyl (C=O) groups is 2.